The Balaban J connectivity index is 2.84. The number of halogens is 1. The van der Waals surface area contributed by atoms with Gasteiger partial charge >= 0.3 is 0 Å². The molecular formula is C10H8ClN2O2. The van der Waals surface area contributed by atoms with Crippen LogP contribution in [-0.2, 0) is 0 Å². The van der Waals surface area contributed by atoms with Crippen molar-refractivity contribution in [3.8, 4) is 11.5 Å². The van der Waals surface area contributed by atoms with E-state index in [-0.39, 0.29) is 0 Å². The predicted octanol–water partition coefficient (Wildman–Crippen LogP) is 2.10. The average molecular weight is 224 g/mol. The highest BCUT2D eigenvalue weighted by atomic mass is 35.5. The van der Waals surface area contributed by atoms with Crippen molar-refractivity contribution in [1.29, 1.82) is 0 Å². The first-order valence-electron chi connectivity index (χ1n) is 4.20. The molecule has 0 N–H and O–H groups in total. The Morgan fingerprint density at radius 1 is 1.27 bits per heavy atom. The van der Waals surface area contributed by atoms with E-state index in [1.54, 1.807) is 6.07 Å². The molecule has 0 unspecified atom stereocenters. The minimum Gasteiger partial charge on any atom is -0.491 e. The molecule has 0 aliphatic rings. The van der Waals surface area contributed by atoms with Gasteiger partial charge in [0.2, 0.25) is 0 Å². The van der Waals surface area contributed by atoms with E-state index in [1.807, 2.05) is 0 Å². The summed E-state index contributed by atoms with van der Waals surface area (Å²) in [5.41, 5.74) is 0.633. The number of nitrogens with zero attached hydrogens (tertiary/aromatic N) is 2. The van der Waals surface area contributed by atoms with E-state index < -0.39 is 0 Å². The van der Waals surface area contributed by atoms with Crippen molar-refractivity contribution in [2.24, 2.45) is 0 Å². The van der Waals surface area contributed by atoms with Gasteiger partial charge in [0.25, 0.3) is 0 Å². The smallest absolute Gasteiger partial charge is 0.188 e. The van der Waals surface area contributed by atoms with E-state index in [1.165, 1.54) is 20.5 Å². The summed E-state index contributed by atoms with van der Waals surface area (Å²) in [4.78, 5) is 7.89. The van der Waals surface area contributed by atoms with E-state index >= 15 is 0 Å². The number of methoxy groups -OCH3 is 2. The third-order valence-corrected chi connectivity index (χ3v) is 2.28. The molecule has 0 bridgehead atoms. The Kier molecular flexibility index (Phi) is 2.60. The van der Waals surface area contributed by atoms with Crippen LogP contribution in [0.5, 0.6) is 11.5 Å². The average Bonchev–Trinajstić information content (AvgIpc) is 2.27. The maximum absolute atomic E-state index is 6.01. The molecule has 0 aliphatic heterocycles. The highest BCUT2D eigenvalue weighted by molar-refractivity contribution is 6.33. The number of rotatable bonds is 2. The summed E-state index contributed by atoms with van der Waals surface area (Å²) in [7, 11) is 3.07. The lowest BCUT2D eigenvalue weighted by Crippen LogP contribution is -1.94. The van der Waals surface area contributed by atoms with Crippen LogP contribution in [0, 0.1) is 6.20 Å². The van der Waals surface area contributed by atoms with Crippen molar-refractivity contribution >= 4 is 22.5 Å². The number of fused-ring (bicyclic) bond motifs is 1. The maximum atomic E-state index is 6.01. The van der Waals surface area contributed by atoms with Gasteiger partial charge in [0.1, 0.15) is 18.0 Å². The molecule has 1 aromatic carbocycles. The summed E-state index contributed by atoms with van der Waals surface area (Å²) in [5, 5.41) is 1.15. The van der Waals surface area contributed by atoms with Crippen molar-refractivity contribution < 1.29 is 9.47 Å². The van der Waals surface area contributed by atoms with Gasteiger partial charge in [-0.05, 0) is 6.07 Å². The first kappa shape index (κ1) is 9.98. The second-order valence-electron chi connectivity index (χ2n) is 2.81. The summed E-state index contributed by atoms with van der Waals surface area (Å²) in [6.07, 6.45) is 4.19. The van der Waals surface area contributed by atoms with E-state index in [2.05, 4.69) is 16.2 Å². The summed E-state index contributed by atoms with van der Waals surface area (Å²) < 4.78 is 10.4. The molecule has 15 heavy (non-hydrogen) atoms. The molecule has 1 aromatic heterocycles. The van der Waals surface area contributed by atoms with Gasteiger partial charge in [-0.3, -0.25) is 0 Å². The Morgan fingerprint density at radius 2 is 2.00 bits per heavy atom. The van der Waals surface area contributed by atoms with Gasteiger partial charge in [-0.1, -0.05) is 11.6 Å². The monoisotopic (exact) mass is 223 g/mol. The first-order valence-corrected chi connectivity index (χ1v) is 4.58. The zero-order chi connectivity index (χ0) is 10.8. The van der Waals surface area contributed by atoms with Crippen LogP contribution in [0.25, 0.3) is 10.9 Å². The zero-order valence-corrected chi connectivity index (χ0v) is 9.00. The van der Waals surface area contributed by atoms with Crippen molar-refractivity contribution in [1.82, 2.24) is 9.97 Å². The molecule has 5 heteroatoms. The van der Waals surface area contributed by atoms with E-state index in [0.29, 0.717) is 27.4 Å². The second kappa shape index (κ2) is 3.90. The van der Waals surface area contributed by atoms with Crippen LogP contribution in [0.2, 0.25) is 5.02 Å². The zero-order valence-electron chi connectivity index (χ0n) is 8.24. The normalized spacial score (nSPS) is 10.3. The fraction of sp³-hybridized carbons (Fsp3) is 0.200. The first-order chi connectivity index (χ1) is 7.27. The van der Waals surface area contributed by atoms with Crippen molar-refractivity contribution in [3.63, 3.8) is 0 Å². The molecular weight excluding hydrogens is 216 g/mol. The van der Waals surface area contributed by atoms with Crippen LogP contribution in [0.4, 0.5) is 0 Å². The van der Waals surface area contributed by atoms with Crippen LogP contribution in [-0.4, -0.2) is 24.2 Å². The molecule has 77 valence electrons. The Morgan fingerprint density at radius 3 is 2.67 bits per heavy atom. The van der Waals surface area contributed by atoms with Gasteiger partial charge < -0.3 is 9.47 Å². The molecule has 1 heterocycles. The lowest BCUT2D eigenvalue weighted by Gasteiger charge is -2.10. The van der Waals surface area contributed by atoms with Gasteiger partial charge in [-0.2, -0.15) is 0 Å². The van der Waals surface area contributed by atoms with Crippen LogP contribution < -0.4 is 9.47 Å². The van der Waals surface area contributed by atoms with Crippen LogP contribution >= 0.6 is 11.6 Å². The molecule has 0 amide bonds. The van der Waals surface area contributed by atoms with Crippen molar-refractivity contribution in [3.05, 3.63) is 23.6 Å². The van der Waals surface area contributed by atoms with Gasteiger partial charge in [-0.25, -0.2) is 9.97 Å². The summed E-state index contributed by atoms with van der Waals surface area (Å²) >= 11 is 6.01. The van der Waals surface area contributed by atoms with Crippen LogP contribution in [0.15, 0.2) is 12.4 Å². The van der Waals surface area contributed by atoms with Gasteiger partial charge in [0.15, 0.2) is 11.5 Å². The topological polar surface area (TPSA) is 44.2 Å². The third kappa shape index (κ3) is 1.57. The van der Waals surface area contributed by atoms with Gasteiger partial charge in [-0.15, -0.1) is 0 Å². The summed E-state index contributed by atoms with van der Waals surface area (Å²) in [5.74, 6) is 0.970. The van der Waals surface area contributed by atoms with Gasteiger partial charge in [0, 0.05) is 5.39 Å². The molecule has 4 nitrogen and oxygen atoms in total. The highest BCUT2D eigenvalue weighted by Gasteiger charge is 2.14. The Labute approximate surface area is 91.8 Å². The molecule has 0 atom stereocenters. The fourth-order valence-corrected chi connectivity index (χ4v) is 1.65. The van der Waals surface area contributed by atoms with Crippen molar-refractivity contribution in [2.75, 3.05) is 14.2 Å². The van der Waals surface area contributed by atoms with E-state index in [4.69, 9.17) is 21.1 Å². The molecule has 1 radical (unpaired) electrons. The highest BCUT2D eigenvalue weighted by Crippen LogP contribution is 2.39. The molecule has 2 rings (SSSR count). The number of benzene rings is 1. The molecule has 0 aliphatic carbocycles. The van der Waals surface area contributed by atoms with Crippen LogP contribution in [0.3, 0.4) is 0 Å². The third-order valence-electron chi connectivity index (χ3n) is 2.00. The Hall–Kier alpha value is -1.55. The molecule has 0 fully saturated rings. The predicted molar refractivity (Wildman–Crippen MR) is 56.5 cm³/mol. The lowest BCUT2D eigenvalue weighted by molar-refractivity contribution is 0.358. The van der Waals surface area contributed by atoms with E-state index in [9.17, 15) is 0 Å². The summed E-state index contributed by atoms with van der Waals surface area (Å²) in [6, 6.07) is 1.69. The SMILES string of the molecule is COc1c(Cl)cc2[c]ncnc2c1OC. The molecule has 0 saturated carbocycles. The largest absolute Gasteiger partial charge is 0.491 e. The number of ether oxygens (including phenoxy) is 2. The standard InChI is InChI=1S/C10H8ClN2O2/c1-14-9-7(11)3-6-4-12-5-13-8(6)10(9)15-2/h3,5H,1-2H3. The molecule has 2 aromatic rings. The quantitative estimate of drug-likeness (QED) is 0.782. The van der Waals surface area contributed by atoms with Crippen LogP contribution in [0.1, 0.15) is 0 Å². The summed E-state index contributed by atoms with van der Waals surface area (Å²) in [6.45, 7) is 0. The maximum Gasteiger partial charge on any atom is 0.188 e. The minimum absolute atomic E-state index is 0.452. The second-order valence-corrected chi connectivity index (χ2v) is 3.21. The number of hydrogen-bond acceptors (Lipinski definition) is 4. The molecule has 0 saturated heterocycles. The molecule has 0 spiro atoms. The lowest BCUT2D eigenvalue weighted by atomic mass is 10.2. The minimum atomic E-state index is 0.452. The number of aromatic nitrogens is 2. The number of hydrogen-bond donors (Lipinski definition) is 0. The van der Waals surface area contributed by atoms with Crippen molar-refractivity contribution in [2.45, 2.75) is 0 Å². The fourth-order valence-electron chi connectivity index (χ4n) is 1.38. The Bertz CT molecular complexity index is 502. The van der Waals surface area contributed by atoms with E-state index in [0.717, 1.165) is 0 Å². The van der Waals surface area contributed by atoms with Gasteiger partial charge in [0.05, 0.1) is 19.2 Å².